The second-order valence-electron chi connectivity index (χ2n) is 4.18. The lowest BCUT2D eigenvalue weighted by molar-refractivity contribution is 0.186. The Hall–Kier alpha value is -0.870. The molecule has 0 aliphatic rings. The van der Waals surface area contributed by atoms with Crippen molar-refractivity contribution < 1.29 is 5.11 Å². The topological polar surface area (TPSA) is 64.1 Å². The van der Waals surface area contributed by atoms with Gasteiger partial charge in [-0.25, -0.2) is 4.98 Å². The third-order valence-corrected chi connectivity index (χ3v) is 2.82. The van der Waals surface area contributed by atoms with Crippen LogP contribution in [-0.4, -0.2) is 27.3 Å². The number of aliphatic hydroxyl groups excluding tert-OH is 1. The second-order valence-corrected chi connectivity index (χ2v) is 4.18. The number of aryl methyl sites for hydroxylation is 1. The molecule has 0 saturated heterocycles. The SMILES string of the molecule is CCc1nccn1C(CO)C(N)C(C)C. The molecule has 0 radical (unpaired) electrons. The molecule has 15 heavy (non-hydrogen) atoms. The lowest BCUT2D eigenvalue weighted by Crippen LogP contribution is -2.39. The summed E-state index contributed by atoms with van der Waals surface area (Å²) in [6.07, 6.45) is 4.50. The predicted molar refractivity (Wildman–Crippen MR) is 60.5 cm³/mol. The molecule has 1 heterocycles. The van der Waals surface area contributed by atoms with Crippen LogP contribution in [0.1, 0.15) is 32.6 Å². The maximum atomic E-state index is 9.41. The van der Waals surface area contributed by atoms with E-state index in [-0.39, 0.29) is 18.7 Å². The van der Waals surface area contributed by atoms with Crippen molar-refractivity contribution in [1.29, 1.82) is 0 Å². The van der Waals surface area contributed by atoms with E-state index in [1.807, 2.05) is 17.7 Å². The van der Waals surface area contributed by atoms with Crippen LogP contribution in [-0.2, 0) is 6.42 Å². The van der Waals surface area contributed by atoms with Gasteiger partial charge in [-0.05, 0) is 5.92 Å². The van der Waals surface area contributed by atoms with Crippen LogP contribution in [0.25, 0.3) is 0 Å². The number of nitrogens with zero attached hydrogens (tertiary/aromatic N) is 2. The molecular weight excluding hydrogens is 190 g/mol. The third kappa shape index (κ3) is 2.58. The largest absolute Gasteiger partial charge is 0.394 e. The van der Waals surface area contributed by atoms with Gasteiger partial charge >= 0.3 is 0 Å². The average Bonchev–Trinajstić information content (AvgIpc) is 2.66. The summed E-state index contributed by atoms with van der Waals surface area (Å²) in [5, 5.41) is 9.41. The molecule has 0 bridgehead atoms. The Morgan fingerprint density at radius 2 is 2.20 bits per heavy atom. The predicted octanol–water partition coefficient (Wildman–Crippen LogP) is 0.962. The van der Waals surface area contributed by atoms with Crippen LogP contribution in [0.15, 0.2) is 12.4 Å². The van der Waals surface area contributed by atoms with E-state index in [4.69, 9.17) is 5.73 Å². The molecule has 0 saturated carbocycles. The van der Waals surface area contributed by atoms with Crippen LogP contribution in [0.2, 0.25) is 0 Å². The van der Waals surface area contributed by atoms with Gasteiger partial charge in [-0.2, -0.15) is 0 Å². The molecule has 4 nitrogen and oxygen atoms in total. The minimum Gasteiger partial charge on any atom is -0.394 e. The summed E-state index contributed by atoms with van der Waals surface area (Å²) in [6, 6.07) is -0.114. The van der Waals surface area contributed by atoms with Gasteiger partial charge in [-0.15, -0.1) is 0 Å². The van der Waals surface area contributed by atoms with E-state index in [9.17, 15) is 5.11 Å². The summed E-state index contributed by atoms with van der Waals surface area (Å²) in [5.74, 6) is 1.32. The van der Waals surface area contributed by atoms with E-state index < -0.39 is 0 Å². The molecule has 4 heteroatoms. The van der Waals surface area contributed by atoms with E-state index in [0.29, 0.717) is 5.92 Å². The fourth-order valence-electron chi connectivity index (χ4n) is 1.76. The van der Waals surface area contributed by atoms with E-state index in [2.05, 4.69) is 18.8 Å². The Morgan fingerprint density at radius 3 is 2.67 bits per heavy atom. The van der Waals surface area contributed by atoms with Gasteiger partial charge in [0.15, 0.2) is 0 Å². The summed E-state index contributed by atoms with van der Waals surface area (Å²) >= 11 is 0. The quantitative estimate of drug-likeness (QED) is 0.762. The van der Waals surface area contributed by atoms with Crippen LogP contribution < -0.4 is 5.73 Å². The minimum absolute atomic E-state index is 0.0468. The lowest BCUT2D eigenvalue weighted by Gasteiger charge is -2.27. The summed E-state index contributed by atoms with van der Waals surface area (Å²) in [6.45, 7) is 6.24. The zero-order valence-electron chi connectivity index (χ0n) is 9.72. The number of hydrogen-bond donors (Lipinski definition) is 2. The molecule has 0 amide bonds. The summed E-state index contributed by atoms with van der Waals surface area (Å²) in [4.78, 5) is 4.24. The highest BCUT2D eigenvalue weighted by atomic mass is 16.3. The van der Waals surface area contributed by atoms with E-state index in [1.54, 1.807) is 6.20 Å². The van der Waals surface area contributed by atoms with Gasteiger partial charge in [0, 0.05) is 24.9 Å². The third-order valence-electron chi connectivity index (χ3n) is 2.82. The van der Waals surface area contributed by atoms with Crippen LogP contribution in [0.5, 0.6) is 0 Å². The first-order valence-electron chi connectivity index (χ1n) is 5.49. The molecule has 2 atom stereocenters. The van der Waals surface area contributed by atoms with Crippen LogP contribution in [0.3, 0.4) is 0 Å². The first-order chi connectivity index (χ1) is 7.11. The van der Waals surface area contributed by atoms with Crippen molar-refractivity contribution in [2.24, 2.45) is 11.7 Å². The number of aromatic nitrogens is 2. The summed E-state index contributed by atoms with van der Waals surface area (Å²) in [5.41, 5.74) is 6.08. The number of aliphatic hydroxyl groups is 1. The first kappa shape index (κ1) is 12.2. The number of hydrogen-bond acceptors (Lipinski definition) is 3. The fraction of sp³-hybridized carbons (Fsp3) is 0.727. The Labute approximate surface area is 91.1 Å². The van der Waals surface area contributed by atoms with Crippen molar-refractivity contribution in [3.8, 4) is 0 Å². The van der Waals surface area contributed by atoms with Gasteiger partial charge in [-0.3, -0.25) is 0 Å². The zero-order valence-corrected chi connectivity index (χ0v) is 9.72. The average molecular weight is 211 g/mol. The molecule has 1 aromatic heterocycles. The molecule has 1 rings (SSSR count). The summed E-state index contributed by atoms with van der Waals surface area (Å²) < 4.78 is 1.99. The van der Waals surface area contributed by atoms with Crippen molar-refractivity contribution in [2.45, 2.75) is 39.3 Å². The van der Waals surface area contributed by atoms with Gasteiger partial charge in [0.1, 0.15) is 5.82 Å². The van der Waals surface area contributed by atoms with Gasteiger partial charge in [0.2, 0.25) is 0 Å². The normalized spacial score (nSPS) is 15.6. The standard InChI is InChI=1S/C11H21N3O/c1-4-10-13-5-6-14(10)9(7-15)11(12)8(2)3/h5-6,8-9,11,15H,4,7,12H2,1-3H3. The Bertz CT molecular complexity index is 296. The molecular formula is C11H21N3O. The number of nitrogens with two attached hydrogens (primary N) is 1. The van der Waals surface area contributed by atoms with Gasteiger partial charge in [-0.1, -0.05) is 20.8 Å². The van der Waals surface area contributed by atoms with Crippen molar-refractivity contribution in [1.82, 2.24) is 9.55 Å². The molecule has 1 aromatic rings. The van der Waals surface area contributed by atoms with Gasteiger partial charge in [0.05, 0.1) is 12.6 Å². The molecule has 0 aliphatic carbocycles. The fourth-order valence-corrected chi connectivity index (χ4v) is 1.76. The van der Waals surface area contributed by atoms with E-state index in [0.717, 1.165) is 12.2 Å². The molecule has 0 spiro atoms. The highest BCUT2D eigenvalue weighted by molar-refractivity contribution is 4.97. The minimum atomic E-state index is -0.0672. The van der Waals surface area contributed by atoms with Gasteiger partial charge in [0.25, 0.3) is 0 Å². The monoisotopic (exact) mass is 211 g/mol. The van der Waals surface area contributed by atoms with Crippen molar-refractivity contribution >= 4 is 0 Å². The molecule has 2 unspecified atom stereocenters. The Morgan fingerprint density at radius 1 is 1.53 bits per heavy atom. The van der Waals surface area contributed by atoms with Crippen molar-refractivity contribution in [2.75, 3.05) is 6.61 Å². The zero-order chi connectivity index (χ0) is 11.4. The van der Waals surface area contributed by atoms with E-state index >= 15 is 0 Å². The van der Waals surface area contributed by atoms with Crippen LogP contribution in [0.4, 0.5) is 0 Å². The molecule has 3 N–H and O–H groups in total. The first-order valence-corrected chi connectivity index (χ1v) is 5.49. The maximum absolute atomic E-state index is 9.41. The van der Waals surface area contributed by atoms with Crippen LogP contribution in [0, 0.1) is 5.92 Å². The molecule has 86 valence electrons. The highest BCUT2D eigenvalue weighted by Crippen LogP contribution is 2.18. The van der Waals surface area contributed by atoms with E-state index in [1.165, 1.54) is 0 Å². The maximum Gasteiger partial charge on any atom is 0.108 e. The van der Waals surface area contributed by atoms with Crippen molar-refractivity contribution in [3.05, 3.63) is 18.2 Å². The molecule has 0 aromatic carbocycles. The molecule has 0 aliphatic heterocycles. The second kappa shape index (κ2) is 5.28. The highest BCUT2D eigenvalue weighted by Gasteiger charge is 2.22. The molecule has 0 fully saturated rings. The number of rotatable bonds is 5. The number of imidazole rings is 1. The smallest absolute Gasteiger partial charge is 0.108 e. The van der Waals surface area contributed by atoms with Crippen molar-refractivity contribution in [3.63, 3.8) is 0 Å². The Kier molecular flexibility index (Phi) is 4.29. The van der Waals surface area contributed by atoms with Gasteiger partial charge < -0.3 is 15.4 Å². The summed E-state index contributed by atoms with van der Waals surface area (Å²) in [7, 11) is 0. The lowest BCUT2D eigenvalue weighted by atomic mass is 9.97. The Balaban J connectivity index is 2.91. The van der Waals surface area contributed by atoms with Crippen LogP contribution >= 0.6 is 0 Å².